The van der Waals surface area contributed by atoms with Crippen molar-refractivity contribution in [2.45, 2.75) is 367 Å². The van der Waals surface area contributed by atoms with Crippen molar-refractivity contribution in [1.29, 1.82) is 0 Å². The largest absolute Gasteiger partial charge is 0.462 e. The standard InChI is InChI=1S/C68H126O6/c1-4-7-10-13-16-19-22-25-27-29-30-31-32-33-34-35-36-37-38-40-41-43-46-49-52-55-58-61-67(70)73-64-65(63-72-66(69)60-57-54-51-48-45-24-21-18-15-12-9-6-3)74-68(71)62-59-56-53-50-47-44-42-39-28-26-23-20-17-14-11-8-5-2/h18,21,26,28-30,65H,4-17,19-20,22-25,27,31-64H2,1-3H3/b21-18-,28-26-,30-29-. The minimum absolute atomic E-state index is 0.0730. The third-order valence-electron chi connectivity index (χ3n) is 14.8. The molecule has 0 spiro atoms. The maximum Gasteiger partial charge on any atom is 0.306 e. The Bertz CT molecular complexity index is 1240. The van der Waals surface area contributed by atoms with E-state index in [-0.39, 0.29) is 31.1 Å². The van der Waals surface area contributed by atoms with Crippen LogP contribution in [0.1, 0.15) is 361 Å². The number of hydrogen-bond donors (Lipinski definition) is 0. The van der Waals surface area contributed by atoms with Crippen molar-refractivity contribution in [1.82, 2.24) is 0 Å². The van der Waals surface area contributed by atoms with E-state index >= 15 is 0 Å². The van der Waals surface area contributed by atoms with Crippen molar-refractivity contribution in [3.05, 3.63) is 36.5 Å². The van der Waals surface area contributed by atoms with Gasteiger partial charge in [-0.1, -0.05) is 282 Å². The summed E-state index contributed by atoms with van der Waals surface area (Å²) < 4.78 is 16.9. The van der Waals surface area contributed by atoms with E-state index in [0.717, 1.165) is 64.2 Å². The van der Waals surface area contributed by atoms with Gasteiger partial charge in [0.15, 0.2) is 6.10 Å². The van der Waals surface area contributed by atoms with Gasteiger partial charge in [0.25, 0.3) is 0 Å². The van der Waals surface area contributed by atoms with Crippen LogP contribution in [0.15, 0.2) is 36.5 Å². The molecule has 0 fully saturated rings. The molecule has 0 bridgehead atoms. The summed E-state index contributed by atoms with van der Waals surface area (Å²) >= 11 is 0. The quantitative estimate of drug-likeness (QED) is 0.0261. The molecular weight excluding hydrogens is 913 g/mol. The smallest absolute Gasteiger partial charge is 0.306 e. The van der Waals surface area contributed by atoms with Crippen molar-refractivity contribution in [3.8, 4) is 0 Å². The third kappa shape index (κ3) is 60.5. The summed E-state index contributed by atoms with van der Waals surface area (Å²) in [5.74, 6) is -0.865. The molecule has 1 unspecified atom stereocenters. The highest BCUT2D eigenvalue weighted by atomic mass is 16.6. The van der Waals surface area contributed by atoms with Gasteiger partial charge in [0, 0.05) is 19.3 Å². The molecule has 0 saturated heterocycles. The Hall–Kier alpha value is -2.37. The van der Waals surface area contributed by atoms with Gasteiger partial charge in [-0.3, -0.25) is 14.4 Å². The summed E-state index contributed by atoms with van der Waals surface area (Å²) in [4.78, 5) is 38.3. The minimum Gasteiger partial charge on any atom is -0.462 e. The van der Waals surface area contributed by atoms with Gasteiger partial charge < -0.3 is 14.2 Å². The molecule has 0 aliphatic heterocycles. The van der Waals surface area contributed by atoms with E-state index in [2.05, 4.69) is 57.2 Å². The van der Waals surface area contributed by atoms with E-state index in [1.165, 1.54) is 257 Å². The van der Waals surface area contributed by atoms with Crippen LogP contribution < -0.4 is 0 Å². The lowest BCUT2D eigenvalue weighted by Crippen LogP contribution is -2.30. The van der Waals surface area contributed by atoms with Crippen molar-refractivity contribution in [3.63, 3.8) is 0 Å². The lowest BCUT2D eigenvalue weighted by atomic mass is 10.0. The van der Waals surface area contributed by atoms with Crippen LogP contribution in [0.3, 0.4) is 0 Å². The molecule has 6 nitrogen and oxygen atoms in total. The number of unbranched alkanes of at least 4 members (excludes halogenated alkanes) is 44. The zero-order chi connectivity index (χ0) is 53.6. The van der Waals surface area contributed by atoms with Crippen LogP contribution in [-0.4, -0.2) is 37.2 Å². The summed E-state index contributed by atoms with van der Waals surface area (Å²) in [7, 11) is 0. The van der Waals surface area contributed by atoms with E-state index < -0.39 is 6.10 Å². The average molecular weight is 1040 g/mol. The molecule has 0 rings (SSSR count). The zero-order valence-corrected chi connectivity index (χ0v) is 49.9. The van der Waals surface area contributed by atoms with Gasteiger partial charge in [0.2, 0.25) is 0 Å². The third-order valence-corrected chi connectivity index (χ3v) is 14.8. The molecule has 0 aromatic heterocycles. The second-order valence-corrected chi connectivity index (χ2v) is 22.4. The van der Waals surface area contributed by atoms with Crippen molar-refractivity contribution >= 4 is 17.9 Å². The Balaban J connectivity index is 4.20. The molecule has 0 saturated carbocycles. The van der Waals surface area contributed by atoms with Crippen LogP contribution in [0.5, 0.6) is 0 Å². The predicted octanol–water partition coefficient (Wildman–Crippen LogP) is 22.4. The summed E-state index contributed by atoms with van der Waals surface area (Å²) in [5, 5.41) is 0. The van der Waals surface area contributed by atoms with Crippen LogP contribution in [0.25, 0.3) is 0 Å². The maximum atomic E-state index is 12.9. The highest BCUT2D eigenvalue weighted by Gasteiger charge is 2.19. The second kappa shape index (κ2) is 63.2. The van der Waals surface area contributed by atoms with Gasteiger partial charge in [0.1, 0.15) is 13.2 Å². The molecule has 0 N–H and O–H groups in total. The van der Waals surface area contributed by atoms with Gasteiger partial charge in [-0.25, -0.2) is 0 Å². The van der Waals surface area contributed by atoms with Crippen LogP contribution >= 0.6 is 0 Å². The molecule has 0 amide bonds. The fraction of sp³-hybridized carbons (Fsp3) is 0.868. The number of ether oxygens (including phenoxy) is 3. The van der Waals surface area contributed by atoms with Crippen molar-refractivity contribution in [2.75, 3.05) is 13.2 Å². The lowest BCUT2D eigenvalue weighted by molar-refractivity contribution is -0.167. The van der Waals surface area contributed by atoms with Gasteiger partial charge in [-0.15, -0.1) is 0 Å². The van der Waals surface area contributed by atoms with Gasteiger partial charge in [-0.2, -0.15) is 0 Å². The Labute approximate surface area is 461 Å². The molecule has 0 aliphatic carbocycles. The van der Waals surface area contributed by atoms with Crippen LogP contribution in [0.4, 0.5) is 0 Å². The van der Waals surface area contributed by atoms with E-state index in [1.807, 2.05) is 0 Å². The normalized spacial score (nSPS) is 12.2. The first-order valence-corrected chi connectivity index (χ1v) is 33.0. The maximum absolute atomic E-state index is 12.9. The number of allylic oxidation sites excluding steroid dienone is 6. The van der Waals surface area contributed by atoms with Gasteiger partial charge >= 0.3 is 17.9 Å². The van der Waals surface area contributed by atoms with Crippen LogP contribution in [0.2, 0.25) is 0 Å². The molecule has 0 radical (unpaired) electrons. The Morgan fingerprint density at radius 3 is 0.703 bits per heavy atom. The van der Waals surface area contributed by atoms with E-state index in [4.69, 9.17) is 14.2 Å². The number of esters is 3. The second-order valence-electron chi connectivity index (χ2n) is 22.4. The summed E-state index contributed by atoms with van der Waals surface area (Å²) in [5.41, 5.74) is 0. The molecule has 434 valence electrons. The van der Waals surface area contributed by atoms with Crippen molar-refractivity contribution in [2.24, 2.45) is 0 Å². The van der Waals surface area contributed by atoms with E-state index in [1.54, 1.807) is 0 Å². The Kier molecular flexibility index (Phi) is 61.1. The first-order chi connectivity index (χ1) is 36.5. The lowest BCUT2D eigenvalue weighted by Gasteiger charge is -2.18. The summed E-state index contributed by atoms with van der Waals surface area (Å²) in [6.45, 7) is 6.65. The molecule has 0 aromatic rings. The highest BCUT2D eigenvalue weighted by Crippen LogP contribution is 2.17. The molecule has 0 aromatic carbocycles. The molecular formula is C68H126O6. The van der Waals surface area contributed by atoms with E-state index in [0.29, 0.717) is 19.3 Å². The van der Waals surface area contributed by atoms with E-state index in [9.17, 15) is 14.4 Å². The fourth-order valence-corrected chi connectivity index (χ4v) is 9.84. The number of carbonyl (C=O) groups is 3. The molecule has 1 atom stereocenters. The first kappa shape index (κ1) is 71.6. The predicted molar refractivity (Wildman–Crippen MR) is 321 cm³/mol. The molecule has 0 aliphatic rings. The summed E-state index contributed by atoms with van der Waals surface area (Å²) in [6.07, 6.45) is 77.4. The SMILES string of the molecule is CCCCC/C=C\CCCCCCCC(=O)OCC(COC(=O)CCCCCCCCCCCCCCCCC/C=C\CCCCCCCCCC)OC(=O)CCCCCCCCC/C=C\CCCCCCCC. The minimum atomic E-state index is -0.776. The van der Waals surface area contributed by atoms with Crippen molar-refractivity contribution < 1.29 is 28.6 Å². The summed E-state index contributed by atoms with van der Waals surface area (Å²) in [6, 6.07) is 0. The highest BCUT2D eigenvalue weighted by molar-refractivity contribution is 5.71. The monoisotopic (exact) mass is 1040 g/mol. The molecule has 6 heteroatoms. The van der Waals surface area contributed by atoms with Gasteiger partial charge in [-0.05, 0) is 96.3 Å². The van der Waals surface area contributed by atoms with Crippen LogP contribution in [0, 0.1) is 0 Å². The number of carbonyl (C=O) groups excluding carboxylic acids is 3. The average Bonchev–Trinajstić information content (AvgIpc) is 3.40. The Morgan fingerprint density at radius 2 is 0.446 bits per heavy atom. The van der Waals surface area contributed by atoms with Crippen LogP contribution in [-0.2, 0) is 28.6 Å². The zero-order valence-electron chi connectivity index (χ0n) is 49.9. The Morgan fingerprint density at radius 1 is 0.257 bits per heavy atom. The topological polar surface area (TPSA) is 78.9 Å². The number of rotatable bonds is 61. The molecule has 74 heavy (non-hydrogen) atoms. The van der Waals surface area contributed by atoms with Gasteiger partial charge in [0.05, 0.1) is 0 Å². The number of hydrogen-bond acceptors (Lipinski definition) is 6. The first-order valence-electron chi connectivity index (χ1n) is 33.0. The molecule has 0 heterocycles. The fourth-order valence-electron chi connectivity index (χ4n) is 9.84.